The van der Waals surface area contributed by atoms with Crippen LogP contribution in [0.3, 0.4) is 0 Å². The van der Waals surface area contributed by atoms with Crippen LogP contribution in [0.5, 0.6) is 5.75 Å². The molecule has 5 nitrogen and oxygen atoms in total. The number of anilines is 1. The lowest BCUT2D eigenvalue weighted by Gasteiger charge is -2.38. The van der Waals surface area contributed by atoms with Crippen LogP contribution in [0.1, 0.15) is 48.6 Å². The number of ether oxygens (including phenoxy) is 1. The fraction of sp³-hybridized carbons (Fsp3) is 0.565. The Kier molecular flexibility index (Phi) is 4.93. The summed E-state index contributed by atoms with van der Waals surface area (Å²) in [5, 5.41) is 0. The lowest BCUT2D eigenvalue weighted by molar-refractivity contribution is 0.208. The minimum Gasteiger partial charge on any atom is -0.493 e. The van der Waals surface area contributed by atoms with E-state index in [9.17, 15) is 0 Å². The highest BCUT2D eigenvalue weighted by atomic mass is 16.5. The van der Waals surface area contributed by atoms with Crippen molar-refractivity contribution in [2.75, 3.05) is 38.2 Å². The first-order chi connectivity index (χ1) is 13.8. The van der Waals surface area contributed by atoms with Crippen LogP contribution >= 0.6 is 0 Å². The van der Waals surface area contributed by atoms with E-state index in [4.69, 9.17) is 9.72 Å². The number of likely N-dealkylation sites (N-methyl/N-ethyl adjacent to an activating group) is 1. The standard InChI is InChI=1S/C23H30N4O/c1-26(22-8-11-24-23(25-22)18-5-6-18)20-3-2-12-27(16-20)13-9-17-4-7-21-19(15-17)10-14-28-21/h4,7-8,11,15,18,20H,2-3,5-6,9-10,12-14,16H2,1H3. The molecule has 0 bridgehead atoms. The van der Waals surface area contributed by atoms with Crippen molar-refractivity contribution >= 4 is 5.82 Å². The number of hydrogen-bond acceptors (Lipinski definition) is 5. The molecule has 3 heterocycles. The van der Waals surface area contributed by atoms with Gasteiger partial charge in [0.15, 0.2) is 0 Å². The maximum Gasteiger partial charge on any atom is 0.133 e. The predicted molar refractivity (Wildman–Crippen MR) is 111 cm³/mol. The molecule has 1 aliphatic carbocycles. The van der Waals surface area contributed by atoms with E-state index in [0.29, 0.717) is 12.0 Å². The molecule has 1 saturated carbocycles. The summed E-state index contributed by atoms with van der Waals surface area (Å²) in [6.07, 6.45) is 9.10. The molecule has 3 aliphatic rings. The van der Waals surface area contributed by atoms with Crippen molar-refractivity contribution in [2.45, 2.75) is 50.5 Å². The Morgan fingerprint density at radius 1 is 1.21 bits per heavy atom. The molecule has 1 atom stereocenters. The topological polar surface area (TPSA) is 41.5 Å². The van der Waals surface area contributed by atoms with E-state index in [1.165, 1.54) is 43.4 Å². The maximum atomic E-state index is 5.63. The van der Waals surface area contributed by atoms with Gasteiger partial charge in [0.05, 0.1) is 6.61 Å². The van der Waals surface area contributed by atoms with Crippen molar-refractivity contribution in [3.8, 4) is 5.75 Å². The van der Waals surface area contributed by atoms with Crippen LogP contribution in [-0.2, 0) is 12.8 Å². The van der Waals surface area contributed by atoms with Gasteiger partial charge in [-0.3, -0.25) is 0 Å². The minimum atomic E-state index is 0.532. The van der Waals surface area contributed by atoms with Gasteiger partial charge in [0.25, 0.3) is 0 Å². The molecule has 5 heteroatoms. The van der Waals surface area contributed by atoms with E-state index in [1.807, 2.05) is 6.20 Å². The Morgan fingerprint density at radius 2 is 2.14 bits per heavy atom. The number of piperidine rings is 1. The highest BCUT2D eigenvalue weighted by molar-refractivity contribution is 5.40. The number of likely N-dealkylation sites (tertiary alicyclic amines) is 1. The zero-order valence-corrected chi connectivity index (χ0v) is 16.8. The third kappa shape index (κ3) is 3.86. The van der Waals surface area contributed by atoms with E-state index in [1.54, 1.807) is 0 Å². The summed E-state index contributed by atoms with van der Waals surface area (Å²) in [6, 6.07) is 9.33. The molecule has 1 aromatic carbocycles. The molecule has 5 rings (SSSR count). The molecule has 148 valence electrons. The van der Waals surface area contributed by atoms with Crippen LogP contribution in [-0.4, -0.2) is 54.2 Å². The van der Waals surface area contributed by atoms with Crippen molar-refractivity contribution in [1.29, 1.82) is 0 Å². The van der Waals surface area contributed by atoms with E-state index in [2.05, 4.69) is 46.1 Å². The Hall–Kier alpha value is -2.14. The number of benzene rings is 1. The van der Waals surface area contributed by atoms with Crippen LogP contribution in [0, 0.1) is 0 Å². The van der Waals surface area contributed by atoms with Gasteiger partial charge in [-0.2, -0.15) is 0 Å². The van der Waals surface area contributed by atoms with E-state index >= 15 is 0 Å². The molecule has 0 amide bonds. The summed E-state index contributed by atoms with van der Waals surface area (Å²) in [4.78, 5) is 14.3. The van der Waals surface area contributed by atoms with Gasteiger partial charge in [0.2, 0.25) is 0 Å². The Bertz CT molecular complexity index is 835. The lowest BCUT2D eigenvalue weighted by atomic mass is 10.0. The number of aromatic nitrogens is 2. The van der Waals surface area contributed by atoms with Crippen molar-refractivity contribution in [1.82, 2.24) is 14.9 Å². The largest absolute Gasteiger partial charge is 0.493 e. The summed E-state index contributed by atoms with van der Waals surface area (Å²) in [7, 11) is 2.20. The molecular formula is C23H30N4O. The van der Waals surface area contributed by atoms with Gasteiger partial charge in [0, 0.05) is 44.7 Å². The molecule has 0 radical (unpaired) electrons. The van der Waals surface area contributed by atoms with Gasteiger partial charge in [-0.15, -0.1) is 0 Å². The van der Waals surface area contributed by atoms with Crippen molar-refractivity contribution in [2.24, 2.45) is 0 Å². The summed E-state index contributed by atoms with van der Waals surface area (Å²) >= 11 is 0. The molecule has 2 aliphatic heterocycles. The van der Waals surface area contributed by atoms with E-state index < -0.39 is 0 Å². The van der Waals surface area contributed by atoms with Crippen molar-refractivity contribution < 1.29 is 4.74 Å². The molecule has 1 aromatic heterocycles. The molecule has 0 spiro atoms. The van der Waals surface area contributed by atoms with Crippen LogP contribution in [0.25, 0.3) is 0 Å². The average Bonchev–Trinajstić information content (AvgIpc) is 3.49. The summed E-state index contributed by atoms with van der Waals surface area (Å²) < 4.78 is 5.63. The predicted octanol–water partition coefficient (Wildman–Crippen LogP) is 3.43. The van der Waals surface area contributed by atoms with Gasteiger partial charge in [-0.05, 0) is 61.9 Å². The van der Waals surface area contributed by atoms with Gasteiger partial charge in [0.1, 0.15) is 17.4 Å². The molecule has 2 aromatic rings. The van der Waals surface area contributed by atoms with Crippen LogP contribution in [0.2, 0.25) is 0 Å². The smallest absolute Gasteiger partial charge is 0.133 e. The van der Waals surface area contributed by atoms with Gasteiger partial charge < -0.3 is 14.5 Å². The molecule has 2 fully saturated rings. The molecule has 28 heavy (non-hydrogen) atoms. The third-order valence-electron chi connectivity index (χ3n) is 6.46. The first-order valence-electron chi connectivity index (χ1n) is 10.8. The first-order valence-corrected chi connectivity index (χ1v) is 10.8. The van der Waals surface area contributed by atoms with Gasteiger partial charge >= 0.3 is 0 Å². The zero-order chi connectivity index (χ0) is 18.9. The van der Waals surface area contributed by atoms with Crippen molar-refractivity contribution in [3.63, 3.8) is 0 Å². The second kappa shape index (κ2) is 7.70. The first kappa shape index (κ1) is 17.9. The lowest BCUT2D eigenvalue weighted by Crippen LogP contribution is -2.47. The second-order valence-corrected chi connectivity index (χ2v) is 8.55. The number of fused-ring (bicyclic) bond motifs is 1. The number of nitrogens with zero attached hydrogens (tertiary/aromatic N) is 4. The fourth-order valence-electron chi connectivity index (χ4n) is 4.52. The number of hydrogen-bond donors (Lipinski definition) is 0. The van der Waals surface area contributed by atoms with Crippen molar-refractivity contribution in [3.05, 3.63) is 47.4 Å². The SMILES string of the molecule is CN(c1ccnc(C2CC2)n1)C1CCCN(CCc2ccc3c(c2)CCO3)C1. The normalized spacial score (nSPS) is 22.0. The molecule has 1 unspecified atom stereocenters. The summed E-state index contributed by atoms with van der Waals surface area (Å²) in [5.41, 5.74) is 2.81. The Morgan fingerprint density at radius 3 is 3.04 bits per heavy atom. The van der Waals surface area contributed by atoms with Crippen LogP contribution in [0.15, 0.2) is 30.5 Å². The number of rotatable bonds is 6. The average molecular weight is 379 g/mol. The Labute approximate surface area is 167 Å². The quantitative estimate of drug-likeness (QED) is 0.770. The summed E-state index contributed by atoms with van der Waals surface area (Å²) in [6.45, 7) is 4.29. The van der Waals surface area contributed by atoms with Crippen LogP contribution in [0.4, 0.5) is 5.82 Å². The zero-order valence-electron chi connectivity index (χ0n) is 16.8. The Balaban J connectivity index is 1.19. The third-order valence-corrected chi connectivity index (χ3v) is 6.46. The molecule has 1 saturated heterocycles. The second-order valence-electron chi connectivity index (χ2n) is 8.55. The van der Waals surface area contributed by atoms with Crippen LogP contribution < -0.4 is 9.64 Å². The molecule has 0 N–H and O–H groups in total. The van der Waals surface area contributed by atoms with Gasteiger partial charge in [-0.1, -0.05) is 12.1 Å². The highest BCUT2D eigenvalue weighted by Gasteiger charge is 2.28. The minimum absolute atomic E-state index is 0.532. The molecular weight excluding hydrogens is 348 g/mol. The maximum absolute atomic E-state index is 5.63. The summed E-state index contributed by atoms with van der Waals surface area (Å²) in [5.74, 6) is 3.81. The highest BCUT2D eigenvalue weighted by Crippen LogP contribution is 2.38. The fourth-order valence-corrected chi connectivity index (χ4v) is 4.52. The van der Waals surface area contributed by atoms with E-state index in [0.717, 1.165) is 49.9 Å². The monoisotopic (exact) mass is 378 g/mol. The van der Waals surface area contributed by atoms with E-state index in [-0.39, 0.29) is 0 Å². The van der Waals surface area contributed by atoms with Gasteiger partial charge in [-0.25, -0.2) is 9.97 Å².